The van der Waals surface area contributed by atoms with Crippen LogP contribution in [0, 0.1) is 0 Å². The summed E-state index contributed by atoms with van der Waals surface area (Å²) >= 11 is 5.90. The molecule has 0 aliphatic carbocycles. The lowest BCUT2D eigenvalue weighted by Gasteiger charge is -2.20. The van der Waals surface area contributed by atoms with Crippen LogP contribution in [-0.4, -0.2) is 18.0 Å². The van der Waals surface area contributed by atoms with E-state index in [1.54, 1.807) is 0 Å². The van der Waals surface area contributed by atoms with E-state index in [-0.39, 0.29) is 18.0 Å². The lowest BCUT2D eigenvalue weighted by molar-refractivity contribution is -0.122. The Morgan fingerprint density at radius 2 is 2.00 bits per heavy atom. The van der Waals surface area contributed by atoms with Crippen molar-refractivity contribution in [2.24, 2.45) is 0 Å². The second-order valence-corrected chi connectivity index (χ2v) is 4.83. The third-order valence-electron chi connectivity index (χ3n) is 2.93. The van der Waals surface area contributed by atoms with Gasteiger partial charge in [-0.3, -0.25) is 4.79 Å². The van der Waals surface area contributed by atoms with Gasteiger partial charge in [0.15, 0.2) is 0 Å². The molecule has 0 aliphatic rings. The topological polar surface area (TPSA) is 41.1 Å². The van der Waals surface area contributed by atoms with E-state index < -0.39 is 0 Å². The van der Waals surface area contributed by atoms with Gasteiger partial charge in [-0.15, -0.1) is 0 Å². The minimum atomic E-state index is -0.274. The van der Waals surface area contributed by atoms with Crippen LogP contribution in [0.3, 0.4) is 0 Å². The molecule has 4 heteroatoms. The normalized spacial score (nSPS) is 12.3. The molecular formula is C14H21ClN2O. The fourth-order valence-corrected chi connectivity index (χ4v) is 1.90. The molecular weight excluding hydrogens is 248 g/mol. The first-order chi connectivity index (χ1) is 8.56. The molecule has 0 fully saturated rings. The second kappa shape index (κ2) is 7.27. The molecule has 0 aliphatic heterocycles. The molecule has 3 nitrogen and oxygen atoms in total. The minimum Gasteiger partial charge on any atom is -0.374 e. The Kier molecular flexibility index (Phi) is 5.99. The quantitative estimate of drug-likeness (QED) is 0.830. The fraction of sp³-hybridized carbons (Fsp3) is 0.500. The molecule has 0 radical (unpaired) electrons. The van der Waals surface area contributed by atoms with E-state index in [1.807, 2.05) is 31.2 Å². The summed E-state index contributed by atoms with van der Waals surface area (Å²) in [4.78, 5) is 12.0. The average Bonchev–Trinajstić information content (AvgIpc) is 2.35. The average molecular weight is 269 g/mol. The number of hydrogen-bond acceptors (Lipinski definition) is 2. The van der Waals surface area contributed by atoms with E-state index in [0.29, 0.717) is 5.02 Å². The van der Waals surface area contributed by atoms with Crippen molar-refractivity contribution in [2.45, 2.75) is 45.7 Å². The van der Waals surface area contributed by atoms with Gasteiger partial charge in [-0.1, -0.05) is 31.5 Å². The zero-order chi connectivity index (χ0) is 13.5. The SMILES string of the molecule is CCC(CC)NC(=O)C(C)Nc1cccc(Cl)c1. The van der Waals surface area contributed by atoms with Crippen molar-refractivity contribution in [3.8, 4) is 0 Å². The number of benzene rings is 1. The highest BCUT2D eigenvalue weighted by Crippen LogP contribution is 2.15. The van der Waals surface area contributed by atoms with Crippen LogP contribution in [0.15, 0.2) is 24.3 Å². The van der Waals surface area contributed by atoms with Crippen LogP contribution < -0.4 is 10.6 Å². The van der Waals surface area contributed by atoms with Gasteiger partial charge >= 0.3 is 0 Å². The summed E-state index contributed by atoms with van der Waals surface area (Å²) in [6.45, 7) is 5.99. The molecule has 18 heavy (non-hydrogen) atoms. The number of carbonyl (C=O) groups excluding carboxylic acids is 1. The Bertz CT molecular complexity index is 391. The highest BCUT2D eigenvalue weighted by Gasteiger charge is 2.15. The Labute approximate surface area is 114 Å². The number of carbonyl (C=O) groups is 1. The van der Waals surface area contributed by atoms with Gasteiger partial charge in [0.25, 0.3) is 0 Å². The van der Waals surface area contributed by atoms with Crippen LogP contribution in [0.2, 0.25) is 5.02 Å². The molecule has 1 atom stereocenters. The molecule has 0 saturated heterocycles. The van der Waals surface area contributed by atoms with Gasteiger partial charge in [0, 0.05) is 16.8 Å². The number of amides is 1. The van der Waals surface area contributed by atoms with Crippen LogP contribution in [0.1, 0.15) is 33.6 Å². The molecule has 0 heterocycles. The summed E-state index contributed by atoms with van der Waals surface area (Å²) in [5.74, 6) is 0.0173. The van der Waals surface area contributed by atoms with Crippen molar-refractivity contribution >= 4 is 23.2 Å². The van der Waals surface area contributed by atoms with Gasteiger partial charge < -0.3 is 10.6 Å². The lowest BCUT2D eigenvalue weighted by atomic mass is 10.1. The highest BCUT2D eigenvalue weighted by atomic mass is 35.5. The predicted octanol–water partition coefficient (Wildman–Crippen LogP) is 3.45. The smallest absolute Gasteiger partial charge is 0.242 e. The molecule has 1 aromatic rings. The van der Waals surface area contributed by atoms with Crippen molar-refractivity contribution in [2.75, 3.05) is 5.32 Å². The van der Waals surface area contributed by atoms with Gasteiger partial charge in [0.1, 0.15) is 6.04 Å². The first-order valence-electron chi connectivity index (χ1n) is 6.39. The van der Waals surface area contributed by atoms with Crippen LogP contribution in [0.25, 0.3) is 0 Å². The zero-order valence-corrected chi connectivity index (χ0v) is 11.9. The van der Waals surface area contributed by atoms with Crippen molar-refractivity contribution in [1.82, 2.24) is 5.32 Å². The first-order valence-corrected chi connectivity index (χ1v) is 6.77. The summed E-state index contributed by atoms with van der Waals surface area (Å²) < 4.78 is 0. The largest absolute Gasteiger partial charge is 0.374 e. The highest BCUT2D eigenvalue weighted by molar-refractivity contribution is 6.30. The Morgan fingerprint density at radius 1 is 1.33 bits per heavy atom. The van der Waals surface area contributed by atoms with Gasteiger partial charge in [0.05, 0.1) is 0 Å². The van der Waals surface area contributed by atoms with Crippen molar-refractivity contribution in [3.63, 3.8) is 0 Å². The van der Waals surface area contributed by atoms with Crippen LogP contribution >= 0.6 is 11.6 Å². The third kappa shape index (κ3) is 4.57. The minimum absolute atomic E-state index is 0.0173. The van der Waals surface area contributed by atoms with E-state index in [4.69, 9.17) is 11.6 Å². The number of rotatable bonds is 6. The zero-order valence-electron chi connectivity index (χ0n) is 11.2. The van der Waals surface area contributed by atoms with E-state index in [2.05, 4.69) is 24.5 Å². The van der Waals surface area contributed by atoms with E-state index in [1.165, 1.54) is 0 Å². The monoisotopic (exact) mass is 268 g/mol. The van der Waals surface area contributed by atoms with Crippen LogP contribution in [0.5, 0.6) is 0 Å². The van der Waals surface area contributed by atoms with Gasteiger partial charge in [-0.2, -0.15) is 0 Å². The fourth-order valence-electron chi connectivity index (χ4n) is 1.71. The summed E-state index contributed by atoms with van der Waals surface area (Å²) in [7, 11) is 0. The third-order valence-corrected chi connectivity index (χ3v) is 3.17. The van der Waals surface area contributed by atoms with E-state index in [9.17, 15) is 4.79 Å². The number of nitrogens with one attached hydrogen (secondary N) is 2. The summed E-state index contributed by atoms with van der Waals surface area (Å²) in [6, 6.07) is 7.35. The Balaban J connectivity index is 2.54. The number of halogens is 1. The molecule has 0 aromatic heterocycles. The van der Waals surface area contributed by atoms with Gasteiger partial charge in [-0.05, 0) is 38.0 Å². The van der Waals surface area contributed by atoms with Crippen molar-refractivity contribution in [3.05, 3.63) is 29.3 Å². The van der Waals surface area contributed by atoms with E-state index >= 15 is 0 Å². The van der Waals surface area contributed by atoms with E-state index in [0.717, 1.165) is 18.5 Å². The second-order valence-electron chi connectivity index (χ2n) is 4.40. The van der Waals surface area contributed by atoms with Crippen LogP contribution in [-0.2, 0) is 4.79 Å². The first kappa shape index (κ1) is 14.8. The molecule has 100 valence electrons. The molecule has 1 rings (SSSR count). The van der Waals surface area contributed by atoms with Crippen LogP contribution in [0.4, 0.5) is 5.69 Å². The molecule has 0 saturated carbocycles. The number of anilines is 1. The summed E-state index contributed by atoms with van der Waals surface area (Å²) in [5, 5.41) is 6.82. The Hall–Kier alpha value is -1.22. The maximum Gasteiger partial charge on any atom is 0.242 e. The Morgan fingerprint density at radius 3 is 2.56 bits per heavy atom. The van der Waals surface area contributed by atoms with Crippen molar-refractivity contribution < 1.29 is 4.79 Å². The van der Waals surface area contributed by atoms with Gasteiger partial charge in [0.2, 0.25) is 5.91 Å². The molecule has 1 aromatic carbocycles. The predicted molar refractivity (Wildman–Crippen MR) is 77.0 cm³/mol. The molecule has 2 N–H and O–H groups in total. The maximum absolute atomic E-state index is 12.0. The maximum atomic E-state index is 12.0. The molecule has 1 unspecified atom stereocenters. The molecule has 1 amide bonds. The molecule has 0 spiro atoms. The lowest BCUT2D eigenvalue weighted by Crippen LogP contribution is -2.42. The standard InChI is InChI=1S/C14H21ClN2O/c1-4-12(5-2)17-14(18)10(3)16-13-8-6-7-11(15)9-13/h6-10,12,16H,4-5H2,1-3H3,(H,17,18). The summed E-state index contributed by atoms with van der Waals surface area (Å²) in [6.07, 6.45) is 1.90. The summed E-state index contributed by atoms with van der Waals surface area (Å²) in [5.41, 5.74) is 0.856. The van der Waals surface area contributed by atoms with Gasteiger partial charge in [-0.25, -0.2) is 0 Å². The molecule has 0 bridgehead atoms. The van der Waals surface area contributed by atoms with Crippen molar-refractivity contribution in [1.29, 1.82) is 0 Å². The number of hydrogen-bond donors (Lipinski definition) is 2.